The molecule has 2 rings (SSSR count). The molecule has 0 spiro atoms. The molecule has 1 aliphatic heterocycles. The minimum absolute atomic E-state index is 0. The van der Waals surface area contributed by atoms with E-state index in [1.807, 2.05) is 31.2 Å². The van der Waals surface area contributed by atoms with Gasteiger partial charge in [-0.3, -0.25) is 5.32 Å². The van der Waals surface area contributed by atoms with Gasteiger partial charge in [0.15, 0.2) is 0 Å². The second-order valence-electron chi connectivity index (χ2n) is 3.26. The molecule has 0 bridgehead atoms. The van der Waals surface area contributed by atoms with Crippen molar-refractivity contribution >= 4 is 18.4 Å². The van der Waals surface area contributed by atoms with E-state index >= 15 is 0 Å². The molecule has 1 aromatic carbocycles. The van der Waals surface area contributed by atoms with E-state index in [1.54, 1.807) is 0 Å². The zero-order valence-corrected chi connectivity index (χ0v) is 9.34. The van der Waals surface area contributed by atoms with Crippen molar-refractivity contribution in [3.8, 4) is 0 Å². The molecule has 1 unspecified atom stereocenters. The van der Waals surface area contributed by atoms with Gasteiger partial charge in [0.25, 0.3) is 0 Å². The maximum atomic E-state index is 11.5. The topological polar surface area (TPSA) is 38.3 Å². The Morgan fingerprint density at radius 3 is 3.00 bits per heavy atom. The van der Waals surface area contributed by atoms with Crippen molar-refractivity contribution in [3.05, 3.63) is 35.4 Å². The Morgan fingerprint density at radius 2 is 2.27 bits per heavy atom. The molecule has 15 heavy (non-hydrogen) atoms. The average molecular weight is 228 g/mol. The summed E-state index contributed by atoms with van der Waals surface area (Å²) in [4.78, 5) is 11.5. The second kappa shape index (κ2) is 5.14. The molecule has 3 nitrogen and oxygen atoms in total. The third-order valence-corrected chi connectivity index (χ3v) is 2.39. The van der Waals surface area contributed by atoms with E-state index in [9.17, 15) is 4.79 Å². The monoisotopic (exact) mass is 227 g/mol. The lowest BCUT2D eigenvalue weighted by atomic mass is 10.1. The Morgan fingerprint density at radius 1 is 1.53 bits per heavy atom. The van der Waals surface area contributed by atoms with E-state index in [4.69, 9.17) is 4.74 Å². The normalized spacial score (nSPS) is 17.8. The van der Waals surface area contributed by atoms with Gasteiger partial charge in [0.2, 0.25) is 0 Å². The van der Waals surface area contributed by atoms with Crippen LogP contribution in [0.4, 0.5) is 0 Å². The molecule has 4 heteroatoms. The molecule has 1 N–H and O–H groups in total. The zero-order valence-electron chi connectivity index (χ0n) is 8.53. The molecular formula is C11H14ClNO2. The van der Waals surface area contributed by atoms with E-state index in [0.717, 1.165) is 12.1 Å². The van der Waals surface area contributed by atoms with Crippen LogP contribution in [0.1, 0.15) is 24.1 Å². The van der Waals surface area contributed by atoms with Gasteiger partial charge in [-0.25, -0.2) is 4.79 Å². The van der Waals surface area contributed by atoms with Crippen LogP contribution in [0.5, 0.6) is 0 Å². The van der Waals surface area contributed by atoms with Gasteiger partial charge in [0, 0.05) is 6.54 Å². The molecule has 1 aliphatic rings. The summed E-state index contributed by atoms with van der Waals surface area (Å²) in [5, 5.41) is 3.13. The Labute approximate surface area is 95.2 Å². The van der Waals surface area contributed by atoms with Crippen LogP contribution in [0, 0.1) is 0 Å². The number of esters is 1. The SMILES string of the molecule is CCOC(=O)C1NCc2ccccc21.Cl. The number of rotatable bonds is 2. The number of hydrogen-bond donors (Lipinski definition) is 1. The molecule has 0 aliphatic carbocycles. The van der Waals surface area contributed by atoms with Crippen molar-refractivity contribution in [2.24, 2.45) is 0 Å². The number of halogens is 1. The number of benzene rings is 1. The molecule has 0 amide bonds. The Hall–Kier alpha value is -1.06. The first-order valence-electron chi connectivity index (χ1n) is 4.80. The second-order valence-corrected chi connectivity index (χ2v) is 3.26. The molecule has 0 radical (unpaired) electrons. The molecule has 1 aromatic rings. The highest BCUT2D eigenvalue weighted by Gasteiger charge is 2.28. The van der Waals surface area contributed by atoms with E-state index in [-0.39, 0.29) is 24.4 Å². The molecule has 0 saturated heterocycles. The van der Waals surface area contributed by atoms with Gasteiger partial charge in [-0.15, -0.1) is 12.4 Å². The number of carbonyl (C=O) groups excluding carboxylic acids is 1. The van der Waals surface area contributed by atoms with Crippen molar-refractivity contribution in [1.82, 2.24) is 5.32 Å². The van der Waals surface area contributed by atoms with Crippen molar-refractivity contribution in [2.75, 3.05) is 6.61 Å². The molecule has 0 aromatic heterocycles. The summed E-state index contributed by atoms with van der Waals surface area (Å²) in [5.74, 6) is -0.183. The number of fused-ring (bicyclic) bond motifs is 1. The molecule has 0 fully saturated rings. The van der Waals surface area contributed by atoms with E-state index < -0.39 is 0 Å². The number of ether oxygens (including phenoxy) is 1. The summed E-state index contributed by atoms with van der Waals surface area (Å²) < 4.78 is 4.98. The summed E-state index contributed by atoms with van der Waals surface area (Å²) in [6.45, 7) is 3.00. The van der Waals surface area contributed by atoms with Gasteiger partial charge in [-0.2, -0.15) is 0 Å². The first-order chi connectivity index (χ1) is 6.83. The fourth-order valence-corrected chi connectivity index (χ4v) is 1.73. The standard InChI is InChI=1S/C11H13NO2.ClH/c1-2-14-11(13)10-9-6-4-3-5-8(9)7-12-10;/h3-6,10,12H,2,7H2,1H3;1H. The van der Waals surface area contributed by atoms with Crippen LogP contribution in [0.3, 0.4) is 0 Å². The summed E-state index contributed by atoms with van der Waals surface area (Å²) in [6.07, 6.45) is 0. The predicted octanol–water partition coefficient (Wildman–Crippen LogP) is 1.82. The fraction of sp³-hybridized carbons (Fsp3) is 0.364. The van der Waals surface area contributed by atoms with Gasteiger partial charge < -0.3 is 4.74 Å². The number of hydrogen-bond acceptors (Lipinski definition) is 3. The fourth-order valence-electron chi connectivity index (χ4n) is 1.73. The smallest absolute Gasteiger partial charge is 0.327 e. The minimum Gasteiger partial charge on any atom is -0.465 e. The van der Waals surface area contributed by atoms with Crippen LogP contribution < -0.4 is 5.32 Å². The summed E-state index contributed by atoms with van der Waals surface area (Å²) in [7, 11) is 0. The van der Waals surface area contributed by atoms with Crippen LogP contribution in [0.25, 0.3) is 0 Å². The van der Waals surface area contributed by atoms with Gasteiger partial charge >= 0.3 is 5.97 Å². The van der Waals surface area contributed by atoms with Crippen LogP contribution in [0.15, 0.2) is 24.3 Å². The van der Waals surface area contributed by atoms with E-state index in [0.29, 0.717) is 6.61 Å². The van der Waals surface area contributed by atoms with Gasteiger partial charge in [-0.05, 0) is 18.1 Å². The maximum Gasteiger partial charge on any atom is 0.327 e. The highest BCUT2D eigenvalue weighted by molar-refractivity contribution is 5.85. The van der Waals surface area contributed by atoms with E-state index in [2.05, 4.69) is 5.32 Å². The quantitative estimate of drug-likeness (QED) is 0.784. The molecule has 82 valence electrons. The predicted molar refractivity (Wildman–Crippen MR) is 59.9 cm³/mol. The summed E-state index contributed by atoms with van der Waals surface area (Å²) >= 11 is 0. The molecular weight excluding hydrogens is 214 g/mol. The molecule has 0 saturated carbocycles. The first-order valence-corrected chi connectivity index (χ1v) is 4.80. The van der Waals surface area contributed by atoms with Crippen LogP contribution in [-0.4, -0.2) is 12.6 Å². The summed E-state index contributed by atoms with van der Waals surface area (Å²) in [5.41, 5.74) is 2.23. The Balaban J connectivity index is 0.00000112. The first kappa shape index (κ1) is 12.0. The van der Waals surface area contributed by atoms with Gasteiger partial charge in [-0.1, -0.05) is 24.3 Å². The Kier molecular flexibility index (Phi) is 4.12. The van der Waals surface area contributed by atoms with Crippen molar-refractivity contribution in [1.29, 1.82) is 0 Å². The molecule has 1 heterocycles. The van der Waals surface area contributed by atoms with E-state index in [1.165, 1.54) is 5.56 Å². The maximum absolute atomic E-state index is 11.5. The lowest BCUT2D eigenvalue weighted by Crippen LogP contribution is -2.24. The number of carbonyl (C=O) groups is 1. The van der Waals surface area contributed by atoms with Gasteiger partial charge in [0.05, 0.1) is 6.61 Å². The van der Waals surface area contributed by atoms with Crippen molar-refractivity contribution in [3.63, 3.8) is 0 Å². The van der Waals surface area contributed by atoms with Crippen LogP contribution in [0.2, 0.25) is 0 Å². The molecule has 1 atom stereocenters. The highest BCUT2D eigenvalue weighted by atomic mass is 35.5. The van der Waals surface area contributed by atoms with Crippen LogP contribution >= 0.6 is 12.4 Å². The largest absolute Gasteiger partial charge is 0.465 e. The summed E-state index contributed by atoms with van der Waals surface area (Å²) in [6, 6.07) is 7.65. The third kappa shape index (κ3) is 2.30. The zero-order chi connectivity index (χ0) is 9.97. The third-order valence-electron chi connectivity index (χ3n) is 2.39. The lowest BCUT2D eigenvalue weighted by Gasteiger charge is -2.10. The lowest BCUT2D eigenvalue weighted by molar-refractivity contribution is -0.145. The number of nitrogens with one attached hydrogen (secondary N) is 1. The van der Waals surface area contributed by atoms with Gasteiger partial charge in [0.1, 0.15) is 6.04 Å². The minimum atomic E-state index is -0.272. The van der Waals surface area contributed by atoms with Crippen LogP contribution in [-0.2, 0) is 16.1 Å². The highest BCUT2D eigenvalue weighted by Crippen LogP contribution is 2.25. The van der Waals surface area contributed by atoms with Crippen molar-refractivity contribution < 1.29 is 9.53 Å². The van der Waals surface area contributed by atoms with Crippen molar-refractivity contribution in [2.45, 2.75) is 19.5 Å². The Bertz CT molecular complexity index is 354. The average Bonchev–Trinajstić information content (AvgIpc) is 2.61.